The molecular formula is C43H92BBrN6O3. The quantitative estimate of drug-likeness (QED) is 0.121. The molecule has 0 saturated carbocycles. The van der Waals surface area contributed by atoms with Gasteiger partial charge in [0.05, 0.1) is 0 Å². The van der Waals surface area contributed by atoms with Crippen molar-refractivity contribution in [2.75, 3.05) is 46.6 Å². The van der Waals surface area contributed by atoms with E-state index in [9.17, 15) is 4.79 Å². The van der Waals surface area contributed by atoms with Crippen LogP contribution in [0, 0.1) is 0 Å². The second kappa shape index (κ2) is 36.8. The van der Waals surface area contributed by atoms with Crippen molar-refractivity contribution >= 4 is 35.0 Å². The van der Waals surface area contributed by atoms with Crippen LogP contribution >= 0.6 is 15.9 Å². The third-order valence-corrected chi connectivity index (χ3v) is 10.2. The fourth-order valence-corrected chi connectivity index (χ4v) is 6.96. The zero-order valence-corrected chi connectivity index (χ0v) is 39.9. The summed E-state index contributed by atoms with van der Waals surface area (Å²) in [5.74, 6) is 2.14. The van der Waals surface area contributed by atoms with Crippen molar-refractivity contribution < 1.29 is 14.9 Å². The number of halogens is 1. The van der Waals surface area contributed by atoms with Crippen LogP contribution in [0.15, 0.2) is 33.8 Å². The molecule has 322 valence electrons. The van der Waals surface area contributed by atoms with E-state index < -0.39 is 0 Å². The van der Waals surface area contributed by atoms with Crippen molar-refractivity contribution in [1.29, 1.82) is 0 Å². The summed E-state index contributed by atoms with van der Waals surface area (Å²) in [5.41, 5.74) is 8.54. The summed E-state index contributed by atoms with van der Waals surface area (Å²) in [6.45, 7) is 36.6. The number of alkyl halides is 1. The van der Waals surface area contributed by atoms with Crippen LogP contribution < -0.4 is 16.0 Å². The normalized spacial score (nSPS) is 25.8. The van der Waals surface area contributed by atoms with Gasteiger partial charge in [-0.1, -0.05) is 92.6 Å². The van der Waals surface area contributed by atoms with Gasteiger partial charge in [0.15, 0.2) is 5.78 Å². The van der Waals surface area contributed by atoms with Gasteiger partial charge in [-0.25, -0.2) is 0 Å². The summed E-state index contributed by atoms with van der Waals surface area (Å²) in [6, 6.07) is 3.30. The molecule has 6 unspecified atom stereocenters. The standard InChI is InChI=1S/C10H16N2O.2C10H18N2.5C2H6.CH3BO2.CH3Br.CH4/c1-6-9-8(13)4-5-11-10(9)7(2)12(6)3;2*1-7-6-9-4-5-11-10(9)8(2)12(7)3;5*1-2;3-1-2-4;1-2;/h6-7,11H,4-5H2,1-3H3;2*7-8,11H,4-6H2,1-3H3;5*1-2H3;1,3-4H;1H3;1H4. The molecule has 6 aliphatic heterocycles. The fraction of sp³-hybridized carbons (Fsp3) is 0.814. The number of rotatable bonds is 0. The molecule has 6 rings (SSSR count). The molecule has 5 N–H and O–H groups in total. The van der Waals surface area contributed by atoms with Gasteiger partial charge in [0, 0.05) is 85.0 Å². The summed E-state index contributed by atoms with van der Waals surface area (Å²) >= 11 is 2.94. The molecule has 11 heteroatoms. The Kier molecular flexibility index (Phi) is 41.9. The van der Waals surface area contributed by atoms with Crippen molar-refractivity contribution in [1.82, 2.24) is 30.7 Å². The molecule has 0 saturated heterocycles. The first kappa shape index (κ1) is 61.4. The minimum absolute atomic E-state index is 0. The van der Waals surface area contributed by atoms with Crippen LogP contribution in [-0.2, 0) is 4.79 Å². The van der Waals surface area contributed by atoms with Gasteiger partial charge in [-0.3, -0.25) is 19.5 Å². The molecule has 0 radical (unpaired) electrons. The van der Waals surface area contributed by atoms with Crippen molar-refractivity contribution in [3.8, 4) is 0 Å². The van der Waals surface area contributed by atoms with E-state index in [4.69, 9.17) is 10.1 Å². The molecule has 0 aromatic heterocycles. The monoisotopic (exact) mass is 831 g/mol. The van der Waals surface area contributed by atoms with E-state index in [0.29, 0.717) is 43.6 Å². The Morgan fingerprint density at radius 2 is 0.889 bits per heavy atom. The summed E-state index contributed by atoms with van der Waals surface area (Å²) in [7, 11) is 7.07. The van der Waals surface area contributed by atoms with E-state index in [1.165, 1.54) is 37.1 Å². The van der Waals surface area contributed by atoms with Crippen LogP contribution in [0.4, 0.5) is 0 Å². The zero-order chi connectivity index (χ0) is 42.4. The Bertz CT molecular complexity index is 1020. The number of nitrogens with one attached hydrogen (secondary N) is 3. The van der Waals surface area contributed by atoms with Crippen molar-refractivity contribution in [2.45, 2.75) is 187 Å². The van der Waals surface area contributed by atoms with Crippen LogP contribution in [0.1, 0.15) is 150 Å². The van der Waals surface area contributed by atoms with Crippen LogP contribution in [0.25, 0.3) is 0 Å². The number of hydrogen-bond acceptors (Lipinski definition) is 9. The van der Waals surface area contributed by atoms with Crippen LogP contribution in [-0.4, -0.2) is 127 Å². The number of nitrogens with zero attached hydrogens (tertiary/aromatic N) is 3. The average molecular weight is 832 g/mol. The Morgan fingerprint density at radius 1 is 0.593 bits per heavy atom. The molecule has 0 aromatic rings. The predicted octanol–water partition coefficient (Wildman–Crippen LogP) is 8.73. The first-order valence-corrected chi connectivity index (χ1v) is 22.4. The summed E-state index contributed by atoms with van der Waals surface area (Å²) in [6.07, 6.45) is 6.30. The van der Waals surface area contributed by atoms with Gasteiger partial charge >= 0.3 is 23.4 Å². The molecule has 0 amide bonds. The third-order valence-electron chi connectivity index (χ3n) is 10.2. The number of likely N-dealkylation sites (N-methyl/N-ethyl adjacent to an activating group) is 3. The van der Waals surface area contributed by atoms with E-state index in [1.807, 2.05) is 75.1 Å². The van der Waals surface area contributed by atoms with Gasteiger partial charge in [-0.05, 0) is 105 Å². The molecule has 0 aromatic carbocycles. The van der Waals surface area contributed by atoms with Gasteiger partial charge in [0.1, 0.15) is 0 Å². The Balaban J connectivity index is -0.000000186. The minimum atomic E-state index is 0. The number of carbonyl (C=O) groups is 1. The number of carbonyl (C=O) groups excluding carboxylic acids is 1. The van der Waals surface area contributed by atoms with Crippen molar-refractivity contribution in [2.24, 2.45) is 0 Å². The molecule has 0 spiro atoms. The summed E-state index contributed by atoms with van der Waals surface area (Å²) in [4.78, 5) is 18.8. The topological polar surface area (TPSA) is 103 Å². The second-order valence-electron chi connectivity index (χ2n) is 12.4. The maximum absolute atomic E-state index is 11.7. The molecule has 0 fully saturated rings. The predicted molar refractivity (Wildman–Crippen MR) is 248 cm³/mol. The van der Waals surface area contributed by atoms with Gasteiger partial charge in [0.25, 0.3) is 0 Å². The van der Waals surface area contributed by atoms with Gasteiger partial charge < -0.3 is 16.0 Å². The number of aliphatic hydroxyl groups excluding tert-OH is 1. The van der Waals surface area contributed by atoms with Crippen molar-refractivity contribution in [3.63, 3.8) is 0 Å². The average Bonchev–Trinajstić information content (AvgIpc) is 3.95. The number of ketones is 1. The first-order valence-electron chi connectivity index (χ1n) is 20.8. The molecule has 6 aliphatic rings. The van der Waals surface area contributed by atoms with Crippen LogP contribution in [0.3, 0.4) is 0 Å². The molecule has 54 heavy (non-hydrogen) atoms. The number of Topliss-reactive ketones (excluding diaryl/α,β-unsaturated/α-hetero) is 1. The van der Waals surface area contributed by atoms with Crippen LogP contribution in [0.2, 0.25) is 0 Å². The molecule has 6 atom stereocenters. The number of hydrogen-bond donors (Lipinski definition) is 5. The molecule has 0 aliphatic carbocycles. The Hall–Kier alpha value is -1.82. The van der Waals surface area contributed by atoms with Gasteiger partial charge in [-0.15, -0.1) is 0 Å². The molecular weight excluding hydrogens is 739 g/mol. The molecule has 6 heterocycles. The summed E-state index contributed by atoms with van der Waals surface area (Å²) in [5, 5.41) is 25.2. The molecule has 9 nitrogen and oxygen atoms in total. The fourth-order valence-electron chi connectivity index (χ4n) is 6.96. The van der Waals surface area contributed by atoms with E-state index in [2.05, 4.69) is 109 Å². The van der Waals surface area contributed by atoms with Crippen molar-refractivity contribution in [3.05, 3.63) is 33.8 Å². The van der Waals surface area contributed by atoms with Crippen LogP contribution in [0.5, 0.6) is 0 Å². The van der Waals surface area contributed by atoms with E-state index in [-0.39, 0.29) is 13.5 Å². The van der Waals surface area contributed by atoms with Gasteiger partial charge in [-0.2, -0.15) is 0 Å². The second-order valence-corrected chi connectivity index (χ2v) is 12.4. The van der Waals surface area contributed by atoms with E-state index >= 15 is 0 Å². The van der Waals surface area contributed by atoms with E-state index in [1.54, 1.807) is 11.1 Å². The third kappa shape index (κ3) is 18.4. The Morgan fingerprint density at radius 3 is 1.20 bits per heavy atom. The first-order chi connectivity index (χ1) is 25.4. The number of aliphatic hydroxyl groups is 1. The van der Waals surface area contributed by atoms with E-state index in [0.717, 1.165) is 43.0 Å². The zero-order valence-electron chi connectivity index (χ0n) is 38.3. The maximum atomic E-state index is 11.7. The summed E-state index contributed by atoms with van der Waals surface area (Å²) < 4.78 is 0. The Labute approximate surface area is 346 Å². The van der Waals surface area contributed by atoms with Gasteiger partial charge in [0.2, 0.25) is 0 Å². The SMILES string of the molecule is C.CBr.CC.CC.CC.CC.CC.CC1C2=C(C(=O)CCN2)C(C)N1C.CC1CC2=C(NCC2)C(C)N1C.CC1CC2=C(NCC2)C(C)N1C.OB=CO. The molecule has 0 bridgehead atoms.